The Morgan fingerprint density at radius 2 is 1.62 bits per heavy atom. The van der Waals surface area contributed by atoms with Crippen molar-refractivity contribution in [2.24, 2.45) is 0 Å². The first-order valence-electron chi connectivity index (χ1n) is 3.98. The van der Waals surface area contributed by atoms with Crippen molar-refractivity contribution in [2.45, 2.75) is 12.3 Å². The number of alkyl halides is 2. The van der Waals surface area contributed by atoms with Crippen LogP contribution in [0.3, 0.4) is 0 Å². The Morgan fingerprint density at radius 1 is 1.12 bits per heavy atom. The summed E-state index contributed by atoms with van der Waals surface area (Å²) < 4.78 is 63.2. The predicted octanol–water partition coefficient (Wildman–Crippen LogP) is 2.37. The molecular formula is C9H5F5O2. The third kappa shape index (κ3) is 2.47. The Kier molecular flexibility index (Phi) is 3.16. The summed E-state index contributed by atoms with van der Waals surface area (Å²) in [7, 11) is 0. The standard InChI is InChI=1S/C9H5F5O2/c10-5-2-7(12)6(11)1-4(5)3-9(13,14)8(15)16/h1-2H,3H2,(H,15,16). The fraction of sp³-hybridized carbons (Fsp3) is 0.222. The molecule has 0 unspecified atom stereocenters. The van der Waals surface area contributed by atoms with E-state index in [-0.39, 0.29) is 12.1 Å². The average molecular weight is 240 g/mol. The summed E-state index contributed by atoms with van der Waals surface area (Å²) >= 11 is 0. The van der Waals surface area contributed by atoms with E-state index in [0.29, 0.717) is 0 Å². The van der Waals surface area contributed by atoms with E-state index in [1.807, 2.05) is 0 Å². The van der Waals surface area contributed by atoms with Gasteiger partial charge < -0.3 is 5.11 Å². The zero-order valence-corrected chi connectivity index (χ0v) is 7.61. The number of halogens is 5. The van der Waals surface area contributed by atoms with Crippen LogP contribution in [0.5, 0.6) is 0 Å². The Hall–Kier alpha value is -1.66. The summed E-state index contributed by atoms with van der Waals surface area (Å²) in [5, 5.41) is 8.08. The van der Waals surface area contributed by atoms with Crippen LogP contribution >= 0.6 is 0 Å². The highest BCUT2D eigenvalue weighted by Gasteiger charge is 2.39. The summed E-state index contributed by atoms with van der Waals surface area (Å²) in [6.45, 7) is 0. The van der Waals surface area contributed by atoms with Crippen molar-refractivity contribution in [1.29, 1.82) is 0 Å². The molecule has 0 bridgehead atoms. The maximum absolute atomic E-state index is 12.9. The molecule has 2 nitrogen and oxygen atoms in total. The number of hydrogen-bond donors (Lipinski definition) is 1. The Bertz CT molecular complexity index is 430. The van der Waals surface area contributed by atoms with Crippen molar-refractivity contribution in [2.75, 3.05) is 0 Å². The SMILES string of the molecule is O=C(O)C(F)(F)Cc1cc(F)c(F)cc1F. The highest BCUT2D eigenvalue weighted by atomic mass is 19.3. The minimum Gasteiger partial charge on any atom is -0.477 e. The van der Waals surface area contributed by atoms with Crippen LogP contribution in [-0.2, 0) is 11.2 Å². The van der Waals surface area contributed by atoms with Crippen LogP contribution in [-0.4, -0.2) is 17.0 Å². The third-order valence-corrected chi connectivity index (χ3v) is 1.81. The zero-order chi connectivity index (χ0) is 12.5. The van der Waals surface area contributed by atoms with Gasteiger partial charge in [-0.2, -0.15) is 8.78 Å². The summed E-state index contributed by atoms with van der Waals surface area (Å²) in [5.74, 6) is -11.2. The molecule has 0 heterocycles. The fourth-order valence-corrected chi connectivity index (χ4v) is 1.01. The minimum absolute atomic E-state index is 0.0859. The topological polar surface area (TPSA) is 37.3 Å². The lowest BCUT2D eigenvalue weighted by Gasteiger charge is -2.11. The van der Waals surface area contributed by atoms with Gasteiger partial charge in [0, 0.05) is 6.07 Å². The molecule has 88 valence electrons. The van der Waals surface area contributed by atoms with Crippen LogP contribution in [0.15, 0.2) is 12.1 Å². The van der Waals surface area contributed by atoms with Gasteiger partial charge in [-0.3, -0.25) is 0 Å². The Balaban J connectivity index is 3.07. The number of carboxylic acid groups (broad SMARTS) is 1. The van der Waals surface area contributed by atoms with Gasteiger partial charge in [-0.15, -0.1) is 0 Å². The molecule has 1 N–H and O–H groups in total. The summed E-state index contributed by atoms with van der Waals surface area (Å²) in [5.41, 5.74) is -0.897. The Morgan fingerprint density at radius 3 is 2.12 bits per heavy atom. The second kappa shape index (κ2) is 4.07. The van der Waals surface area contributed by atoms with Crippen molar-refractivity contribution in [3.63, 3.8) is 0 Å². The van der Waals surface area contributed by atoms with Crippen LogP contribution in [0.1, 0.15) is 5.56 Å². The van der Waals surface area contributed by atoms with Gasteiger partial charge in [-0.05, 0) is 11.6 Å². The third-order valence-electron chi connectivity index (χ3n) is 1.81. The monoisotopic (exact) mass is 240 g/mol. The van der Waals surface area contributed by atoms with E-state index in [1.165, 1.54) is 0 Å². The number of aliphatic carboxylic acids is 1. The van der Waals surface area contributed by atoms with Crippen LogP contribution in [0.2, 0.25) is 0 Å². The van der Waals surface area contributed by atoms with Crippen molar-refractivity contribution in [1.82, 2.24) is 0 Å². The number of rotatable bonds is 3. The molecule has 0 radical (unpaired) electrons. The van der Waals surface area contributed by atoms with Gasteiger partial charge in [0.15, 0.2) is 11.6 Å². The fourth-order valence-electron chi connectivity index (χ4n) is 1.01. The second-order valence-electron chi connectivity index (χ2n) is 3.04. The highest BCUT2D eigenvalue weighted by Crippen LogP contribution is 2.23. The van der Waals surface area contributed by atoms with E-state index in [1.54, 1.807) is 0 Å². The lowest BCUT2D eigenvalue weighted by atomic mass is 10.1. The molecule has 0 aliphatic heterocycles. The molecule has 0 atom stereocenters. The molecule has 1 rings (SSSR count). The minimum atomic E-state index is -4.23. The molecule has 0 fully saturated rings. The molecule has 0 aliphatic rings. The van der Waals surface area contributed by atoms with Crippen molar-refractivity contribution in [3.05, 3.63) is 35.1 Å². The molecule has 16 heavy (non-hydrogen) atoms. The van der Waals surface area contributed by atoms with Gasteiger partial charge in [-0.1, -0.05) is 0 Å². The van der Waals surface area contributed by atoms with Crippen LogP contribution < -0.4 is 0 Å². The van der Waals surface area contributed by atoms with E-state index in [4.69, 9.17) is 5.11 Å². The maximum atomic E-state index is 12.9. The van der Waals surface area contributed by atoms with E-state index in [0.717, 1.165) is 0 Å². The normalized spacial score (nSPS) is 11.6. The number of hydrogen-bond acceptors (Lipinski definition) is 1. The van der Waals surface area contributed by atoms with E-state index in [9.17, 15) is 26.7 Å². The maximum Gasteiger partial charge on any atom is 0.374 e. The van der Waals surface area contributed by atoms with Gasteiger partial charge in [0.25, 0.3) is 0 Å². The molecule has 0 spiro atoms. The molecule has 0 aromatic heterocycles. The average Bonchev–Trinajstić information content (AvgIpc) is 2.13. The first-order chi connectivity index (χ1) is 7.24. The summed E-state index contributed by atoms with van der Waals surface area (Å²) in [4.78, 5) is 10.0. The Labute approximate surface area is 86.3 Å². The lowest BCUT2D eigenvalue weighted by Crippen LogP contribution is -2.31. The largest absolute Gasteiger partial charge is 0.477 e. The van der Waals surface area contributed by atoms with Gasteiger partial charge in [-0.25, -0.2) is 18.0 Å². The van der Waals surface area contributed by atoms with Gasteiger partial charge in [0.2, 0.25) is 0 Å². The first-order valence-corrected chi connectivity index (χ1v) is 3.98. The molecule has 0 saturated carbocycles. The second-order valence-corrected chi connectivity index (χ2v) is 3.04. The summed E-state index contributed by atoms with van der Waals surface area (Å²) in [6, 6.07) is 0.296. The van der Waals surface area contributed by atoms with Crippen LogP contribution in [0, 0.1) is 17.5 Å². The highest BCUT2D eigenvalue weighted by molar-refractivity contribution is 5.75. The number of carboxylic acids is 1. The van der Waals surface area contributed by atoms with E-state index >= 15 is 0 Å². The van der Waals surface area contributed by atoms with Gasteiger partial charge >= 0.3 is 11.9 Å². The first kappa shape index (κ1) is 12.4. The molecule has 0 aliphatic carbocycles. The van der Waals surface area contributed by atoms with E-state index in [2.05, 4.69) is 0 Å². The van der Waals surface area contributed by atoms with E-state index < -0.39 is 41.3 Å². The van der Waals surface area contributed by atoms with Gasteiger partial charge in [0.1, 0.15) is 5.82 Å². The van der Waals surface area contributed by atoms with Crippen LogP contribution in [0.4, 0.5) is 22.0 Å². The quantitative estimate of drug-likeness (QED) is 0.650. The predicted molar refractivity (Wildman–Crippen MR) is 42.6 cm³/mol. The number of benzene rings is 1. The zero-order valence-electron chi connectivity index (χ0n) is 7.61. The molecule has 1 aromatic rings. The van der Waals surface area contributed by atoms with Crippen molar-refractivity contribution < 1.29 is 31.9 Å². The molecular weight excluding hydrogens is 235 g/mol. The lowest BCUT2D eigenvalue weighted by molar-refractivity contribution is -0.164. The molecule has 0 amide bonds. The smallest absolute Gasteiger partial charge is 0.374 e. The van der Waals surface area contributed by atoms with Gasteiger partial charge in [0.05, 0.1) is 6.42 Å². The molecule has 1 aromatic carbocycles. The molecule has 7 heteroatoms. The van der Waals surface area contributed by atoms with Crippen molar-refractivity contribution >= 4 is 5.97 Å². The summed E-state index contributed by atoms with van der Waals surface area (Å²) in [6.07, 6.45) is -1.54. The molecule has 0 saturated heterocycles. The number of carbonyl (C=O) groups is 1. The van der Waals surface area contributed by atoms with Crippen molar-refractivity contribution in [3.8, 4) is 0 Å². The van der Waals surface area contributed by atoms with Crippen LogP contribution in [0.25, 0.3) is 0 Å².